The summed E-state index contributed by atoms with van der Waals surface area (Å²) in [6.45, 7) is 6.45. The van der Waals surface area contributed by atoms with Crippen LogP contribution in [0.4, 0.5) is 68.2 Å². The van der Waals surface area contributed by atoms with Crippen molar-refractivity contribution in [2.75, 3.05) is 0 Å². The third-order valence-corrected chi connectivity index (χ3v) is 17.7. The molecule has 0 aliphatic rings. The molecule has 0 saturated heterocycles. The van der Waals surface area contributed by atoms with E-state index < -0.39 is 14.8 Å². The second kappa shape index (κ2) is 30.4. The van der Waals surface area contributed by atoms with Gasteiger partial charge in [0.2, 0.25) is 0 Å². The van der Waals surface area contributed by atoms with Crippen LogP contribution in [0.2, 0.25) is 0 Å². The number of nitro benzene ring substituents is 3. The first-order valence-corrected chi connectivity index (χ1v) is 31.3. The average Bonchev–Trinajstić information content (AvgIpc) is 0.885. The van der Waals surface area contributed by atoms with Crippen molar-refractivity contribution in [3.8, 4) is 17.2 Å². The number of benzene rings is 10. The lowest BCUT2D eigenvalue weighted by Crippen LogP contribution is -2.06. The van der Waals surface area contributed by atoms with Crippen LogP contribution in [0.5, 0.6) is 17.2 Å². The van der Waals surface area contributed by atoms with Crippen LogP contribution >= 0.6 is 35.3 Å². The standard InChI is InChI=1S/C69H54N12O9S3/c1-43-58(40-91-67-22-7-4-19-61(67)70-37-46-31-52(25-28-64(46)82)76-73-49-13-10-16-55(34-49)79(85)86)44(2)60(42-93-69-24-9-6-21-63(69)72-39-48-33-54(27-30-66(48)84)78-75-51-15-12-18-57(36-51)81(89)90)45(3)59(43)41-92-68-23-8-5-20-62(68)71-38-47-32-53(26-29-65(47)83)77-74-50-14-11-17-56(35-50)80(87)88/h4-39,82-84H,40-42H2,1-3H3. The normalized spacial score (nSPS) is 11.8. The van der Waals surface area contributed by atoms with Gasteiger partial charge < -0.3 is 15.3 Å². The summed E-state index contributed by atoms with van der Waals surface area (Å²) in [6, 6.07) is 54.8. The Morgan fingerprint density at radius 1 is 0.344 bits per heavy atom. The highest BCUT2D eigenvalue weighted by Crippen LogP contribution is 2.43. The van der Waals surface area contributed by atoms with E-state index in [2.05, 4.69) is 51.5 Å². The molecule has 0 heterocycles. The highest BCUT2D eigenvalue weighted by Gasteiger charge is 2.20. The van der Waals surface area contributed by atoms with Crippen LogP contribution < -0.4 is 0 Å². The Morgan fingerprint density at radius 2 is 0.602 bits per heavy atom. The fraction of sp³-hybridized carbons (Fsp3) is 0.0870. The molecule has 0 amide bonds. The molecule has 0 unspecified atom stereocenters. The number of aliphatic imine (C=N–C) groups is 3. The molecule has 0 aliphatic carbocycles. The molecule has 0 radical (unpaired) electrons. The van der Waals surface area contributed by atoms with E-state index in [0.29, 0.717) is 85.1 Å². The molecular weight excluding hydrogens is 1240 g/mol. The molecule has 10 aromatic carbocycles. The van der Waals surface area contributed by atoms with Crippen LogP contribution in [0.3, 0.4) is 0 Å². The number of para-hydroxylation sites is 3. The van der Waals surface area contributed by atoms with E-state index in [9.17, 15) is 45.7 Å². The van der Waals surface area contributed by atoms with Crippen molar-refractivity contribution in [1.29, 1.82) is 0 Å². The summed E-state index contributed by atoms with van der Waals surface area (Å²) in [6.07, 6.45) is 4.69. The van der Waals surface area contributed by atoms with Crippen molar-refractivity contribution < 1.29 is 30.1 Å². The fourth-order valence-electron chi connectivity index (χ4n) is 9.44. The van der Waals surface area contributed by atoms with E-state index in [1.807, 2.05) is 72.8 Å². The number of phenols is 3. The van der Waals surface area contributed by atoms with Gasteiger partial charge in [-0.05, 0) is 163 Å². The summed E-state index contributed by atoms with van der Waals surface area (Å²) in [4.78, 5) is 49.7. The van der Waals surface area contributed by atoms with Gasteiger partial charge in [-0.1, -0.05) is 54.6 Å². The predicted octanol–water partition coefficient (Wildman–Crippen LogP) is 20.8. The van der Waals surface area contributed by atoms with Crippen molar-refractivity contribution in [2.24, 2.45) is 45.7 Å². The first kappa shape index (κ1) is 64.6. The fourth-order valence-corrected chi connectivity index (χ4v) is 13.0. The van der Waals surface area contributed by atoms with E-state index in [1.165, 1.54) is 72.8 Å². The minimum absolute atomic E-state index is 0.0262. The smallest absolute Gasteiger partial charge is 0.271 e. The molecule has 0 saturated carbocycles. The Bertz CT molecular complexity index is 4210. The minimum Gasteiger partial charge on any atom is -0.507 e. The second-order valence-electron chi connectivity index (χ2n) is 20.5. The highest BCUT2D eigenvalue weighted by atomic mass is 32.2. The number of nitrogens with zero attached hydrogens (tertiary/aromatic N) is 12. The zero-order chi connectivity index (χ0) is 65.4. The van der Waals surface area contributed by atoms with Crippen LogP contribution in [-0.2, 0) is 17.3 Å². The average molecular weight is 1290 g/mol. The van der Waals surface area contributed by atoms with Gasteiger partial charge in [0, 0.05) is 104 Å². The molecule has 10 aromatic rings. The van der Waals surface area contributed by atoms with Gasteiger partial charge in [-0.25, -0.2) is 0 Å². The van der Waals surface area contributed by atoms with Crippen molar-refractivity contribution in [3.63, 3.8) is 0 Å². The number of hydrogen-bond donors (Lipinski definition) is 3. The molecule has 0 bridgehead atoms. The summed E-state index contributed by atoms with van der Waals surface area (Å²) in [7, 11) is 0. The molecular formula is C69H54N12O9S3. The number of non-ortho nitro benzene ring substituents is 3. The van der Waals surface area contributed by atoms with Gasteiger partial charge >= 0.3 is 0 Å². The Kier molecular flexibility index (Phi) is 21.2. The summed E-state index contributed by atoms with van der Waals surface area (Å²) >= 11 is 4.90. The first-order chi connectivity index (χ1) is 45.0. The van der Waals surface area contributed by atoms with E-state index >= 15 is 0 Å². The Morgan fingerprint density at radius 3 is 0.871 bits per heavy atom. The molecule has 3 N–H and O–H groups in total. The predicted molar refractivity (Wildman–Crippen MR) is 367 cm³/mol. The number of azo groups is 3. The van der Waals surface area contributed by atoms with Gasteiger partial charge in [0.1, 0.15) is 17.2 Å². The lowest BCUT2D eigenvalue weighted by Gasteiger charge is -2.23. The zero-order valence-corrected chi connectivity index (χ0v) is 52.2. The van der Waals surface area contributed by atoms with E-state index in [1.54, 1.807) is 109 Å². The molecule has 0 aromatic heterocycles. The van der Waals surface area contributed by atoms with Crippen molar-refractivity contribution in [1.82, 2.24) is 0 Å². The van der Waals surface area contributed by atoms with E-state index in [-0.39, 0.29) is 34.3 Å². The summed E-state index contributed by atoms with van der Waals surface area (Å²) in [5.41, 5.74) is 11.7. The maximum atomic E-state index is 11.3. The first-order valence-electron chi connectivity index (χ1n) is 28.4. The summed E-state index contributed by atoms with van der Waals surface area (Å²) in [5, 5.41) is 92.0. The Hall–Kier alpha value is -11.3. The maximum absolute atomic E-state index is 11.3. The highest BCUT2D eigenvalue weighted by molar-refractivity contribution is 7.99. The van der Waals surface area contributed by atoms with Gasteiger partial charge in [0.05, 0.1) is 66.0 Å². The molecule has 462 valence electrons. The number of phenolic OH excluding ortho intramolecular Hbond substituents is 3. The van der Waals surface area contributed by atoms with Gasteiger partial charge in [0.15, 0.2) is 0 Å². The molecule has 0 spiro atoms. The van der Waals surface area contributed by atoms with Crippen LogP contribution in [0.15, 0.2) is 261 Å². The number of nitro groups is 3. The van der Waals surface area contributed by atoms with Crippen molar-refractivity contribution in [3.05, 3.63) is 281 Å². The molecule has 10 rings (SSSR count). The molecule has 0 atom stereocenters. The number of rotatable bonds is 24. The van der Waals surface area contributed by atoms with Gasteiger partial charge in [-0.15, -0.1) is 35.3 Å². The Balaban J connectivity index is 0.927. The maximum Gasteiger partial charge on any atom is 0.271 e. The van der Waals surface area contributed by atoms with Crippen LogP contribution in [-0.4, -0.2) is 48.7 Å². The topological polar surface area (TPSA) is 301 Å². The molecule has 24 heteroatoms. The largest absolute Gasteiger partial charge is 0.507 e. The lowest BCUT2D eigenvalue weighted by molar-refractivity contribution is -0.385. The zero-order valence-electron chi connectivity index (χ0n) is 49.8. The van der Waals surface area contributed by atoms with Gasteiger partial charge in [0.25, 0.3) is 17.1 Å². The monoisotopic (exact) mass is 1290 g/mol. The lowest BCUT2D eigenvalue weighted by atomic mass is 9.90. The van der Waals surface area contributed by atoms with Crippen LogP contribution in [0, 0.1) is 51.1 Å². The van der Waals surface area contributed by atoms with Crippen LogP contribution in [0.1, 0.15) is 50.1 Å². The van der Waals surface area contributed by atoms with E-state index in [4.69, 9.17) is 15.0 Å². The number of aromatic hydroxyl groups is 3. The minimum atomic E-state index is -0.503. The summed E-state index contributed by atoms with van der Waals surface area (Å²) in [5.74, 6) is 1.63. The summed E-state index contributed by atoms with van der Waals surface area (Å²) < 4.78 is 0. The van der Waals surface area contributed by atoms with Gasteiger partial charge in [-0.2, -0.15) is 30.7 Å². The van der Waals surface area contributed by atoms with Crippen LogP contribution in [0.25, 0.3) is 0 Å². The molecule has 0 aliphatic heterocycles. The number of thioether (sulfide) groups is 3. The third-order valence-electron chi connectivity index (χ3n) is 14.5. The quantitative estimate of drug-likeness (QED) is 0.0167. The second-order valence-corrected chi connectivity index (χ2v) is 23.6. The molecule has 93 heavy (non-hydrogen) atoms. The molecule has 0 fully saturated rings. The molecule has 21 nitrogen and oxygen atoms in total. The number of hydrogen-bond acceptors (Lipinski definition) is 21. The van der Waals surface area contributed by atoms with E-state index in [0.717, 1.165) is 48.1 Å². The van der Waals surface area contributed by atoms with Crippen molar-refractivity contribution in [2.45, 2.75) is 52.7 Å². The Labute approximate surface area is 545 Å². The SMILES string of the molecule is Cc1c(CSc2ccccc2N=Cc2cc(N=Nc3cccc([N+](=O)[O-])c3)ccc2O)c(C)c(CSc2ccccc2N=Cc2cc(N=Nc3cccc([N+](=O)[O-])c3)ccc2O)c(C)c1CSc1ccccc1N=Cc1cc(N=Nc2cccc([N+](=O)[O-])c2)ccc1O. The van der Waals surface area contributed by atoms with Crippen molar-refractivity contribution >= 4 is 122 Å². The van der Waals surface area contributed by atoms with Gasteiger partial charge in [-0.3, -0.25) is 45.3 Å². The third kappa shape index (κ3) is 16.9.